The standard InChI is InChI=1S/C21H30F5NO2/c1-15(29-27-18(2,3)11-6-12-19(27,4)5)17-9-7-16(8-10-17)13-28-14-20(22,23)21(24,25)26/h7-10,15H,6,11-14H2,1-5H3. The van der Waals surface area contributed by atoms with E-state index in [0.717, 1.165) is 24.8 Å². The molecule has 1 atom stereocenters. The summed E-state index contributed by atoms with van der Waals surface area (Å²) in [5.74, 6) is -4.86. The molecule has 8 heteroatoms. The Morgan fingerprint density at radius 2 is 1.48 bits per heavy atom. The molecule has 1 saturated heterocycles. The van der Waals surface area contributed by atoms with E-state index in [1.54, 1.807) is 24.3 Å². The van der Waals surface area contributed by atoms with E-state index in [1.165, 1.54) is 0 Å². The molecule has 3 nitrogen and oxygen atoms in total. The van der Waals surface area contributed by atoms with Crippen molar-refractivity contribution in [1.82, 2.24) is 5.06 Å². The lowest BCUT2D eigenvalue weighted by atomic mass is 9.82. The molecule has 0 bridgehead atoms. The van der Waals surface area contributed by atoms with Gasteiger partial charge in [-0.3, -0.25) is 4.84 Å². The van der Waals surface area contributed by atoms with Crippen molar-refractivity contribution in [2.75, 3.05) is 6.61 Å². The highest BCUT2D eigenvalue weighted by Crippen LogP contribution is 2.40. The number of ether oxygens (including phenoxy) is 1. The smallest absolute Gasteiger partial charge is 0.370 e. The molecule has 1 aliphatic rings. The molecule has 1 aromatic rings. The van der Waals surface area contributed by atoms with Gasteiger partial charge in [0.15, 0.2) is 0 Å². The topological polar surface area (TPSA) is 21.7 Å². The van der Waals surface area contributed by atoms with Crippen LogP contribution in [0.15, 0.2) is 24.3 Å². The fraction of sp³-hybridized carbons (Fsp3) is 0.714. The van der Waals surface area contributed by atoms with Gasteiger partial charge in [0.2, 0.25) is 0 Å². The van der Waals surface area contributed by atoms with Gasteiger partial charge in [0, 0.05) is 11.1 Å². The van der Waals surface area contributed by atoms with Crippen molar-refractivity contribution >= 4 is 0 Å². The lowest BCUT2D eigenvalue weighted by Crippen LogP contribution is -2.58. The summed E-state index contributed by atoms with van der Waals surface area (Å²) < 4.78 is 66.8. The zero-order valence-electron chi connectivity index (χ0n) is 17.6. The SMILES string of the molecule is CC(ON1C(C)(C)CCCC1(C)C)c1ccc(COCC(F)(F)C(F)(F)F)cc1. The molecule has 1 heterocycles. The van der Waals surface area contributed by atoms with Crippen molar-refractivity contribution < 1.29 is 31.5 Å². The van der Waals surface area contributed by atoms with Gasteiger partial charge in [0.25, 0.3) is 0 Å². The number of hydroxylamine groups is 2. The highest BCUT2D eigenvalue weighted by atomic mass is 19.4. The second kappa shape index (κ2) is 8.47. The van der Waals surface area contributed by atoms with Crippen molar-refractivity contribution in [3.8, 4) is 0 Å². The fourth-order valence-electron chi connectivity index (χ4n) is 3.74. The highest BCUT2D eigenvalue weighted by molar-refractivity contribution is 5.23. The predicted molar refractivity (Wildman–Crippen MR) is 100 cm³/mol. The van der Waals surface area contributed by atoms with Gasteiger partial charge < -0.3 is 4.74 Å². The molecule has 0 amide bonds. The van der Waals surface area contributed by atoms with Gasteiger partial charge >= 0.3 is 12.1 Å². The van der Waals surface area contributed by atoms with E-state index in [0.29, 0.717) is 5.56 Å². The van der Waals surface area contributed by atoms with Crippen LogP contribution in [0, 0.1) is 0 Å². The van der Waals surface area contributed by atoms with E-state index in [1.807, 2.05) is 6.92 Å². The molecule has 0 saturated carbocycles. The van der Waals surface area contributed by atoms with E-state index < -0.39 is 18.7 Å². The number of hydrogen-bond donors (Lipinski definition) is 0. The zero-order chi connectivity index (χ0) is 22.1. The molecule has 1 aliphatic heterocycles. The van der Waals surface area contributed by atoms with E-state index in [4.69, 9.17) is 4.84 Å². The number of benzene rings is 1. The van der Waals surface area contributed by atoms with Crippen molar-refractivity contribution in [1.29, 1.82) is 0 Å². The molecule has 1 unspecified atom stereocenters. The second-order valence-electron chi connectivity index (χ2n) is 8.96. The molecule has 29 heavy (non-hydrogen) atoms. The third-order valence-electron chi connectivity index (χ3n) is 5.36. The summed E-state index contributed by atoms with van der Waals surface area (Å²) in [6.07, 6.45) is -2.66. The number of halogens is 5. The highest BCUT2D eigenvalue weighted by Gasteiger charge is 2.57. The Balaban J connectivity index is 1.96. The van der Waals surface area contributed by atoms with Gasteiger partial charge in [0.05, 0.1) is 6.61 Å². The van der Waals surface area contributed by atoms with Crippen LogP contribution in [0.25, 0.3) is 0 Å². The minimum atomic E-state index is -5.61. The Bertz CT molecular complexity index is 655. The Morgan fingerprint density at radius 3 is 1.97 bits per heavy atom. The molecule has 1 aromatic carbocycles. The number of piperidine rings is 1. The Hall–Kier alpha value is -1.25. The first-order valence-electron chi connectivity index (χ1n) is 9.74. The molecule has 2 rings (SSSR count). The first kappa shape index (κ1) is 24.0. The summed E-state index contributed by atoms with van der Waals surface area (Å²) in [5, 5.41) is 2.06. The van der Waals surface area contributed by atoms with E-state index >= 15 is 0 Å². The first-order valence-corrected chi connectivity index (χ1v) is 9.74. The van der Waals surface area contributed by atoms with Gasteiger partial charge in [-0.2, -0.15) is 27.0 Å². The quantitative estimate of drug-likeness (QED) is 0.471. The minimum absolute atomic E-state index is 0.104. The summed E-state index contributed by atoms with van der Waals surface area (Å²) in [6.45, 7) is 8.51. The average Bonchev–Trinajstić information content (AvgIpc) is 2.57. The molecule has 166 valence electrons. The third-order valence-corrected chi connectivity index (χ3v) is 5.36. The van der Waals surface area contributed by atoms with Crippen LogP contribution in [0.3, 0.4) is 0 Å². The van der Waals surface area contributed by atoms with Crippen LogP contribution in [0.1, 0.15) is 71.1 Å². The van der Waals surface area contributed by atoms with Crippen molar-refractivity contribution in [2.24, 2.45) is 0 Å². The predicted octanol–water partition coefficient (Wildman–Crippen LogP) is 6.44. The number of alkyl halides is 5. The van der Waals surface area contributed by atoms with Crippen LogP contribution in [0.4, 0.5) is 22.0 Å². The lowest BCUT2D eigenvalue weighted by Gasteiger charge is -2.52. The summed E-state index contributed by atoms with van der Waals surface area (Å²) >= 11 is 0. The monoisotopic (exact) mass is 423 g/mol. The Kier molecular flexibility index (Phi) is 7.02. The van der Waals surface area contributed by atoms with Crippen LogP contribution >= 0.6 is 0 Å². The van der Waals surface area contributed by atoms with Crippen LogP contribution in [0.2, 0.25) is 0 Å². The molecule has 0 spiro atoms. The number of hydrogen-bond acceptors (Lipinski definition) is 3. The molecule has 0 radical (unpaired) electrons. The van der Waals surface area contributed by atoms with Gasteiger partial charge in [-0.1, -0.05) is 24.3 Å². The summed E-state index contributed by atoms with van der Waals surface area (Å²) in [4.78, 5) is 6.29. The largest absolute Gasteiger partial charge is 0.455 e. The average molecular weight is 423 g/mol. The molecule has 0 aliphatic carbocycles. The van der Waals surface area contributed by atoms with Crippen molar-refractivity contribution in [3.63, 3.8) is 0 Å². The van der Waals surface area contributed by atoms with Crippen LogP contribution in [-0.4, -0.2) is 34.8 Å². The maximum atomic E-state index is 12.9. The number of nitrogens with zero attached hydrogens (tertiary/aromatic N) is 1. The minimum Gasteiger partial charge on any atom is -0.370 e. The zero-order valence-corrected chi connectivity index (χ0v) is 17.6. The second-order valence-corrected chi connectivity index (χ2v) is 8.96. The Labute approximate surface area is 169 Å². The van der Waals surface area contributed by atoms with Gasteiger partial charge in [-0.15, -0.1) is 0 Å². The lowest BCUT2D eigenvalue weighted by molar-refractivity contribution is -0.304. The first-order chi connectivity index (χ1) is 13.2. The van der Waals surface area contributed by atoms with Crippen LogP contribution in [-0.2, 0) is 16.2 Å². The molecule has 0 aromatic heterocycles. The van der Waals surface area contributed by atoms with Gasteiger partial charge in [-0.25, -0.2) is 0 Å². The van der Waals surface area contributed by atoms with Crippen molar-refractivity contribution in [2.45, 2.75) is 89.8 Å². The summed E-state index contributed by atoms with van der Waals surface area (Å²) in [5.41, 5.74) is 1.19. The summed E-state index contributed by atoms with van der Waals surface area (Å²) in [7, 11) is 0. The van der Waals surface area contributed by atoms with Gasteiger partial charge in [0.1, 0.15) is 12.7 Å². The van der Waals surface area contributed by atoms with E-state index in [9.17, 15) is 22.0 Å². The molecule has 0 N–H and O–H groups in total. The van der Waals surface area contributed by atoms with E-state index in [-0.39, 0.29) is 23.8 Å². The maximum Gasteiger partial charge on any atom is 0.455 e. The fourth-order valence-corrected chi connectivity index (χ4v) is 3.74. The molecular weight excluding hydrogens is 393 g/mol. The van der Waals surface area contributed by atoms with Crippen LogP contribution in [0.5, 0.6) is 0 Å². The maximum absolute atomic E-state index is 12.9. The summed E-state index contributed by atoms with van der Waals surface area (Å²) in [6, 6.07) is 6.84. The number of rotatable bonds is 7. The molecular formula is C21H30F5NO2. The Morgan fingerprint density at radius 1 is 0.966 bits per heavy atom. The normalized spacial score (nSPS) is 21.2. The molecule has 1 fully saturated rings. The van der Waals surface area contributed by atoms with Gasteiger partial charge in [-0.05, 0) is 65.0 Å². The van der Waals surface area contributed by atoms with Crippen molar-refractivity contribution in [3.05, 3.63) is 35.4 Å². The third kappa shape index (κ3) is 5.89. The van der Waals surface area contributed by atoms with Crippen LogP contribution < -0.4 is 0 Å². The van der Waals surface area contributed by atoms with E-state index in [2.05, 4.69) is 37.5 Å².